The molecule has 1 aliphatic heterocycles. The SMILES string of the molecule is CNc1cnccc1C(=O)N1CCC(COC)CC1. The number of amides is 1. The van der Waals surface area contributed by atoms with Crippen molar-refractivity contribution in [1.82, 2.24) is 9.88 Å². The van der Waals surface area contributed by atoms with Gasteiger partial charge in [-0.25, -0.2) is 0 Å². The molecule has 2 rings (SSSR count). The van der Waals surface area contributed by atoms with Crippen LogP contribution >= 0.6 is 0 Å². The number of hydrogen-bond donors (Lipinski definition) is 1. The number of nitrogens with zero attached hydrogens (tertiary/aromatic N) is 2. The molecule has 0 atom stereocenters. The van der Waals surface area contributed by atoms with Crippen LogP contribution in [0.5, 0.6) is 0 Å². The number of ether oxygens (including phenoxy) is 1. The number of likely N-dealkylation sites (tertiary alicyclic amines) is 1. The molecule has 0 aromatic carbocycles. The fourth-order valence-corrected chi connectivity index (χ4v) is 2.49. The van der Waals surface area contributed by atoms with Crippen molar-refractivity contribution in [3.05, 3.63) is 24.0 Å². The smallest absolute Gasteiger partial charge is 0.256 e. The van der Waals surface area contributed by atoms with Gasteiger partial charge in [0.2, 0.25) is 0 Å². The first-order chi connectivity index (χ1) is 9.26. The highest BCUT2D eigenvalue weighted by Gasteiger charge is 2.24. The van der Waals surface area contributed by atoms with E-state index in [1.165, 1.54) is 0 Å². The van der Waals surface area contributed by atoms with Gasteiger partial charge in [0.1, 0.15) is 0 Å². The minimum atomic E-state index is 0.0858. The van der Waals surface area contributed by atoms with E-state index in [0.29, 0.717) is 11.5 Å². The van der Waals surface area contributed by atoms with Crippen LogP contribution in [-0.4, -0.2) is 49.6 Å². The zero-order valence-corrected chi connectivity index (χ0v) is 11.6. The van der Waals surface area contributed by atoms with Crippen LogP contribution in [0.15, 0.2) is 18.5 Å². The second-order valence-corrected chi connectivity index (χ2v) is 4.86. The van der Waals surface area contributed by atoms with E-state index in [1.54, 1.807) is 32.6 Å². The number of rotatable bonds is 4. The predicted molar refractivity (Wildman–Crippen MR) is 74.3 cm³/mol. The van der Waals surface area contributed by atoms with Crippen LogP contribution in [0, 0.1) is 5.92 Å². The molecule has 1 amide bonds. The second kappa shape index (κ2) is 6.52. The van der Waals surface area contributed by atoms with E-state index in [-0.39, 0.29) is 5.91 Å². The zero-order valence-electron chi connectivity index (χ0n) is 11.6. The highest BCUT2D eigenvalue weighted by atomic mass is 16.5. The second-order valence-electron chi connectivity index (χ2n) is 4.86. The molecule has 0 unspecified atom stereocenters. The third-order valence-electron chi connectivity index (χ3n) is 3.62. The third kappa shape index (κ3) is 3.23. The fraction of sp³-hybridized carbons (Fsp3) is 0.571. The van der Waals surface area contributed by atoms with Gasteiger partial charge in [-0.2, -0.15) is 0 Å². The summed E-state index contributed by atoms with van der Waals surface area (Å²) in [5.41, 5.74) is 1.48. The molecule has 1 aromatic heterocycles. The molecule has 1 aliphatic rings. The Balaban J connectivity index is 2.01. The van der Waals surface area contributed by atoms with Gasteiger partial charge >= 0.3 is 0 Å². The Hall–Kier alpha value is -1.62. The van der Waals surface area contributed by atoms with Crippen molar-refractivity contribution in [2.75, 3.05) is 39.2 Å². The first-order valence-electron chi connectivity index (χ1n) is 6.66. The van der Waals surface area contributed by atoms with E-state index < -0.39 is 0 Å². The lowest BCUT2D eigenvalue weighted by molar-refractivity contribution is 0.0614. The van der Waals surface area contributed by atoms with Crippen LogP contribution < -0.4 is 5.32 Å². The molecular weight excluding hydrogens is 242 g/mol. The Morgan fingerprint density at radius 1 is 1.53 bits per heavy atom. The summed E-state index contributed by atoms with van der Waals surface area (Å²) in [7, 11) is 3.53. The molecule has 1 saturated heterocycles. The molecule has 1 fully saturated rings. The highest BCUT2D eigenvalue weighted by molar-refractivity contribution is 5.99. The van der Waals surface area contributed by atoms with E-state index >= 15 is 0 Å². The number of aromatic nitrogens is 1. The van der Waals surface area contributed by atoms with Crippen molar-refractivity contribution in [2.45, 2.75) is 12.8 Å². The van der Waals surface area contributed by atoms with Gasteiger partial charge in [0.25, 0.3) is 5.91 Å². The van der Waals surface area contributed by atoms with Crippen LogP contribution in [0.3, 0.4) is 0 Å². The van der Waals surface area contributed by atoms with Crippen LogP contribution in [0.25, 0.3) is 0 Å². The molecule has 5 nitrogen and oxygen atoms in total. The number of hydrogen-bond acceptors (Lipinski definition) is 4. The summed E-state index contributed by atoms with van der Waals surface area (Å²) in [6.07, 6.45) is 5.37. The van der Waals surface area contributed by atoms with Gasteiger partial charge in [-0.1, -0.05) is 0 Å². The van der Waals surface area contributed by atoms with Crippen molar-refractivity contribution >= 4 is 11.6 Å². The summed E-state index contributed by atoms with van der Waals surface area (Å²) in [5.74, 6) is 0.665. The summed E-state index contributed by atoms with van der Waals surface area (Å²) < 4.78 is 5.18. The van der Waals surface area contributed by atoms with Crippen LogP contribution in [-0.2, 0) is 4.74 Å². The highest BCUT2D eigenvalue weighted by Crippen LogP contribution is 2.21. The summed E-state index contributed by atoms with van der Waals surface area (Å²) >= 11 is 0. The lowest BCUT2D eigenvalue weighted by Crippen LogP contribution is -2.39. The molecular formula is C14H21N3O2. The Kier molecular flexibility index (Phi) is 4.74. The minimum Gasteiger partial charge on any atom is -0.386 e. The van der Waals surface area contributed by atoms with Gasteiger partial charge in [0.05, 0.1) is 17.4 Å². The summed E-state index contributed by atoms with van der Waals surface area (Å²) in [6.45, 7) is 2.40. The topological polar surface area (TPSA) is 54.5 Å². The van der Waals surface area contributed by atoms with Crippen molar-refractivity contribution in [3.8, 4) is 0 Å². The quantitative estimate of drug-likeness (QED) is 0.897. The Morgan fingerprint density at radius 2 is 2.26 bits per heavy atom. The Bertz CT molecular complexity index is 428. The van der Waals surface area contributed by atoms with E-state index in [9.17, 15) is 4.79 Å². The molecule has 0 aliphatic carbocycles. The number of piperidine rings is 1. The number of carbonyl (C=O) groups excluding carboxylic acids is 1. The molecule has 2 heterocycles. The van der Waals surface area contributed by atoms with Crippen molar-refractivity contribution in [2.24, 2.45) is 5.92 Å². The molecule has 5 heteroatoms. The predicted octanol–water partition coefficient (Wildman–Crippen LogP) is 1.62. The van der Waals surface area contributed by atoms with E-state index in [2.05, 4.69) is 10.3 Å². The molecule has 19 heavy (non-hydrogen) atoms. The first-order valence-corrected chi connectivity index (χ1v) is 6.66. The van der Waals surface area contributed by atoms with Gasteiger partial charge in [-0.3, -0.25) is 9.78 Å². The van der Waals surface area contributed by atoms with Crippen molar-refractivity contribution in [1.29, 1.82) is 0 Å². The minimum absolute atomic E-state index is 0.0858. The number of carbonyl (C=O) groups is 1. The summed E-state index contributed by atoms with van der Waals surface area (Å²) in [4.78, 5) is 18.4. The molecule has 1 aromatic rings. The summed E-state index contributed by atoms with van der Waals surface area (Å²) in [5, 5.41) is 3.01. The fourth-order valence-electron chi connectivity index (χ4n) is 2.49. The van der Waals surface area contributed by atoms with Crippen LogP contribution in [0.2, 0.25) is 0 Å². The van der Waals surface area contributed by atoms with Gasteiger partial charge in [0, 0.05) is 40.1 Å². The van der Waals surface area contributed by atoms with Gasteiger partial charge in [0.15, 0.2) is 0 Å². The van der Waals surface area contributed by atoms with Crippen LogP contribution in [0.4, 0.5) is 5.69 Å². The molecule has 0 radical (unpaired) electrons. The van der Waals surface area contributed by atoms with Crippen molar-refractivity contribution in [3.63, 3.8) is 0 Å². The average molecular weight is 263 g/mol. The van der Waals surface area contributed by atoms with Crippen molar-refractivity contribution < 1.29 is 9.53 Å². The molecule has 104 valence electrons. The largest absolute Gasteiger partial charge is 0.386 e. The standard InChI is InChI=1S/C14H21N3O2/c1-15-13-9-16-6-3-12(13)14(18)17-7-4-11(5-8-17)10-19-2/h3,6,9,11,15H,4-5,7-8,10H2,1-2H3. The number of anilines is 1. The van der Waals surface area contributed by atoms with E-state index in [1.807, 2.05) is 4.90 Å². The molecule has 0 spiro atoms. The monoisotopic (exact) mass is 263 g/mol. The Labute approximate surface area is 114 Å². The maximum absolute atomic E-state index is 12.5. The molecule has 0 bridgehead atoms. The average Bonchev–Trinajstić information content (AvgIpc) is 2.47. The zero-order chi connectivity index (χ0) is 13.7. The van der Waals surface area contributed by atoms with E-state index in [4.69, 9.17) is 4.74 Å². The molecule has 1 N–H and O–H groups in total. The third-order valence-corrected chi connectivity index (χ3v) is 3.62. The maximum Gasteiger partial charge on any atom is 0.256 e. The van der Waals surface area contributed by atoms with E-state index in [0.717, 1.165) is 38.2 Å². The normalized spacial score (nSPS) is 16.4. The van der Waals surface area contributed by atoms with Gasteiger partial charge < -0.3 is 15.0 Å². The Morgan fingerprint density at radius 3 is 2.89 bits per heavy atom. The lowest BCUT2D eigenvalue weighted by atomic mass is 9.97. The van der Waals surface area contributed by atoms with Gasteiger partial charge in [-0.05, 0) is 24.8 Å². The van der Waals surface area contributed by atoms with Crippen LogP contribution in [0.1, 0.15) is 23.2 Å². The lowest BCUT2D eigenvalue weighted by Gasteiger charge is -2.32. The maximum atomic E-state index is 12.5. The number of pyridine rings is 1. The molecule has 0 saturated carbocycles. The first kappa shape index (κ1) is 13.8. The number of methoxy groups -OCH3 is 1. The van der Waals surface area contributed by atoms with Gasteiger partial charge in [-0.15, -0.1) is 0 Å². The number of nitrogens with one attached hydrogen (secondary N) is 1. The summed E-state index contributed by atoms with van der Waals surface area (Å²) in [6, 6.07) is 1.77.